The lowest BCUT2D eigenvalue weighted by atomic mass is 9.84. The minimum absolute atomic E-state index is 0.0174. The molecule has 19 atom stereocenters. The molecule has 0 aromatic heterocycles. The number of unbranched alkanes of at least 4 members (excludes halogenated alkanes) is 52. The van der Waals surface area contributed by atoms with Crippen molar-refractivity contribution >= 4 is 31.7 Å². The number of phosphoric acid groups is 1. The van der Waals surface area contributed by atoms with Crippen LogP contribution >= 0.6 is 7.82 Å². The van der Waals surface area contributed by atoms with E-state index in [9.17, 15) is 74.6 Å². The maximum Gasteiger partial charge on any atom is 0.472 e. The Bertz CT molecular complexity index is 2500. The maximum atomic E-state index is 14.9. The first kappa shape index (κ1) is 112. The summed E-state index contributed by atoms with van der Waals surface area (Å²) in [6.07, 6.45) is 29.4. The summed E-state index contributed by atoms with van der Waals surface area (Å²) < 4.78 is 73.6. The third-order valence-electron chi connectivity index (χ3n) is 24.5. The number of aliphatic hydroxyl groups excluding tert-OH is 9. The van der Waals surface area contributed by atoms with E-state index in [2.05, 4.69) is 34.6 Å². The lowest BCUT2D eigenvalue weighted by Gasteiger charge is -2.50. The Morgan fingerprint density at radius 3 is 0.992 bits per heavy atom. The van der Waals surface area contributed by atoms with Gasteiger partial charge in [0, 0.05) is 25.7 Å². The topological polar surface area (TPSA) is 380 Å². The molecule has 0 bridgehead atoms. The van der Waals surface area contributed by atoms with Crippen LogP contribution in [0.25, 0.3) is 0 Å². The molecule has 0 radical (unpaired) electrons. The molecule has 0 spiro atoms. The van der Waals surface area contributed by atoms with Crippen LogP contribution in [0.4, 0.5) is 0 Å². The average molecular weight is 1740 g/mol. The average Bonchev–Trinajstić information content (AvgIpc) is 0.754. The Labute approximate surface area is 725 Å². The molecule has 0 amide bonds. The Balaban J connectivity index is 1.90. The molecule has 10 N–H and O–H groups in total. The first-order valence-corrected chi connectivity index (χ1v) is 50.7. The highest BCUT2D eigenvalue weighted by Crippen LogP contribution is 2.49. The highest BCUT2D eigenvalue weighted by molar-refractivity contribution is 7.47. The van der Waals surface area contributed by atoms with E-state index in [1.165, 1.54) is 218 Å². The monoisotopic (exact) mass is 1740 g/mol. The number of hydrogen-bond donors (Lipinski definition) is 10. The van der Waals surface area contributed by atoms with Crippen LogP contribution in [0.2, 0.25) is 0 Å². The van der Waals surface area contributed by atoms with Crippen molar-refractivity contribution in [2.75, 3.05) is 26.4 Å². The van der Waals surface area contributed by atoms with E-state index in [0.29, 0.717) is 38.0 Å². The van der Waals surface area contributed by atoms with E-state index in [0.717, 1.165) is 128 Å². The summed E-state index contributed by atoms with van der Waals surface area (Å²) in [5, 5.41) is 102. The molecule has 3 fully saturated rings. The third kappa shape index (κ3) is 52.1. The van der Waals surface area contributed by atoms with Crippen LogP contribution in [0, 0.1) is 5.92 Å². The van der Waals surface area contributed by atoms with Gasteiger partial charge in [0.15, 0.2) is 24.8 Å². The van der Waals surface area contributed by atoms with Crippen molar-refractivity contribution in [2.45, 2.75) is 543 Å². The van der Waals surface area contributed by atoms with E-state index < -0.39 is 162 Å². The Morgan fingerprint density at radius 1 is 0.325 bits per heavy atom. The lowest BCUT2D eigenvalue weighted by Crippen LogP contribution is -2.70. The van der Waals surface area contributed by atoms with Crippen LogP contribution in [0.3, 0.4) is 0 Å². The number of esters is 4. The van der Waals surface area contributed by atoms with Gasteiger partial charge >= 0.3 is 31.7 Å². The number of aliphatic hydroxyl groups is 9. The Morgan fingerprint density at radius 2 is 0.625 bits per heavy atom. The van der Waals surface area contributed by atoms with Gasteiger partial charge in [0.25, 0.3) is 0 Å². The van der Waals surface area contributed by atoms with Gasteiger partial charge in [0.05, 0.1) is 13.2 Å². The second kappa shape index (κ2) is 72.4. The summed E-state index contributed by atoms with van der Waals surface area (Å²) in [6.45, 7) is 7.98. The molecule has 2 saturated heterocycles. The second-order valence-corrected chi connectivity index (χ2v) is 37.0. The van der Waals surface area contributed by atoms with Gasteiger partial charge < -0.3 is 88.7 Å². The Kier molecular flexibility index (Phi) is 67.3. The third-order valence-corrected chi connectivity index (χ3v) is 25.5. The van der Waals surface area contributed by atoms with E-state index >= 15 is 0 Å². The molecule has 0 aromatic rings. The molecular formula is C94H177O25P. The highest BCUT2D eigenvalue weighted by atomic mass is 31.2. The minimum Gasteiger partial charge on any atom is -0.463 e. The van der Waals surface area contributed by atoms with Crippen molar-refractivity contribution < 1.29 is 122 Å². The second-order valence-electron chi connectivity index (χ2n) is 35.6. The molecule has 3 rings (SSSR count). The normalized spacial score (nSPS) is 24.9. The van der Waals surface area contributed by atoms with Gasteiger partial charge in [0.2, 0.25) is 0 Å². The summed E-state index contributed by atoms with van der Waals surface area (Å²) >= 11 is 0. The van der Waals surface area contributed by atoms with Crippen LogP contribution in [0.5, 0.6) is 0 Å². The summed E-state index contributed by atoms with van der Waals surface area (Å²) in [5.74, 6) is -2.25. The van der Waals surface area contributed by atoms with Gasteiger partial charge in [0.1, 0.15) is 92.6 Å². The SMILES string of the molecule is CCCCCCCCCCCCCCCCCCC(=O)OCC(COP(=O)(O)OC1C(OC2OC(CO)C(O)C(O)C2O)C(O)C(O)C(OC(=O)CCCCCCCCCCCCCCC)C1OC1OC(COC(=O)CCCCCCCCC(C)CCCCCCCC)C(O)C(O)C1O)OC(=O)CCCCCCCCCCCCCCCCCC. The number of carbonyl (C=O) groups excluding carboxylic acids is 4. The van der Waals surface area contributed by atoms with Crippen molar-refractivity contribution in [2.24, 2.45) is 5.92 Å². The van der Waals surface area contributed by atoms with E-state index in [1.54, 1.807) is 0 Å². The van der Waals surface area contributed by atoms with Crippen molar-refractivity contribution in [3.8, 4) is 0 Å². The molecule has 120 heavy (non-hydrogen) atoms. The molecule has 19 unspecified atom stereocenters. The van der Waals surface area contributed by atoms with Gasteiger partial charge in [-0.05, 0) is 31.6 Å². The van der Waals surface area contributed by atoms with E-state index in [-0.39, 0.29) is 25.7 Å². The predicted octanol–water partition coefficient (Wildman–Crippen LogP) is 18.8. The molecule has 708 valence electrons. The van der Waals surface area contributed by atoms with Crippen molar-refractivity contribution in [1.82, 2.24) is 0 Å². The van der Waals surface area contributed by atoms with E-state index in [4.69, 9.17) is 46.9 Å². The van der Waals surface area contributed by atoms with Gasteiger partial charge in [-0.1, -0.05) is 388 Å². The zero-order valence-electron chi connectivity index (χ0n) is 75.8. The first-order valence-electron chi connectivity index (χ1n) is 49.2. The standard InChI is InChI=1S/C94H177O25P/c1-6-10-14-18-22-25-28-31-33-35-38-40-43-46-53-59-65-77(96)110-70-74(113-79(98)67-61-55-47-44-42-39-36-34-32-29-26-23-19-15-11-7-2)71-112-120(108,109)119-92-90(117-93-87(106)83(102)81(100)75(69-95)114-93)86(105)85(104)89(116-80(99)68-62-56-48-45-41-37-30-27-24-20-16-12-8-3)91(92)118-94-88(107)84(103)82(101)76(115-94)72-111-78(97)66-60-54-50-49-52-58-64-73(5)63-57-51-21-17-13-9-4/h73-76,81-95,100-107H,6-72H2,1-5H3,(H,108,109). The predicted molar refractivity (Wildman–Crippen MR) is 467 cm³/mol. The zero-order chi connectivity index (χ0) is 87.6. The van der Waals surface area contributed by atoms with Crippen LogP contribution in [-0.2, 0) is 70.7 Å². The number of ether oxygens (including phenoxy) is 8. The number of hydrogen-bond acceptors (Lipinski definition) is 24. The lowest BCUT2D eigenvalue weighted by molar-refractivity contribution is -0.360. The van der Waals surface area contributed by atoms with Gasteiger partial charge in [-0.2, -0.15) is 0 Å². The molecular weight excluding hydrogens is 1560 g/mol. The molecule has 3 aliphatic rings. The highest BCUT2D eigenvalue weighted by Gasteiger charge is 2.60. The van der Waals surface area contributed by atoms with Gasteiger partial charge in [-0.25, -0.2) is 4.57 Å². The van der Waals surface area contributed by atoms with Crippen LogP contribution in [0.1, 0.15) is 439 Å². The molecule has 1 aliphatic carbocycles. The van der Waals surface area contributed by atoms with Crippen molar-refractivity contribution in [3.05, 3.63) is 0 Å². The van der Waals surface area contributed by atoms with Gasteiger partial charge in [-0.3, -0.25) is 28.2 Å². The molecule has 0 aromatic carbocycles. The summed E-state index contributed by atoms with van der Waals surface area (Å²) in [4.78, 5) is 66.6. The molecule has 25 nitrogen and oxygen atoms in total. The van der Waals surface area contributed by atoms with Crippen LogP contribution in [-0.4, -0.2) is 205 Å². The summed E-state index contributed by atoms with van der Waals surface area (Å²) in [7, 11) is -5.80. The molecule has 26 heteroatoms. The quantitative estimate of drug-likeness (QED) is 0.0117. The van der Waals surface area contributed by atoms with E-state index in [1.807, 2.05) is 0 Å². The first-order chi connectivity index (χ1) is 58.1. The van der Waals surface area contributed by atoms with Crippen LogP contribution < -0.4 is 0 Å². The summed E-state index contributed by atoms with van der Waals surface area (Å²) in [6, 6.07) is 0. The molecule has 1 saturated carbocycles. The van der Waals surface area contributed by atoms with Crippen molar-refractivity contribution in [3.63, 3.8) is 0 Å². The minimum atomic E-state index is -5.80. The van der Waals surface area contributed by atoms with Crippen LogP contribution in [0.15, 0.2) is 0 Å². The number of phosphoric ester groups is 1. The van der Waals surface area contributed by atoms with Crippen molar-refractivity contribution in [1.29, 1.82) is 0 Å². The number of rotatable bonds is 80. The maximum absolute atomic E-state index is 14.9. The molecule has 2 aliphatic heterocycles. The fourth-order valence-electron chi connectivity index (χ4n) is 16.6. The molecule has 2 heterocycles. The zero-order valence-corrected chi connectivity index (χ0v) is 76.7. The smallest absolute Gasteiger partial charge is 0.463 e. The largest absolute Gasteiger partial charge is 0.472 e. The Hall–Kier alpha value is -2.53. The fraction of sp³-hybridized carbons (Fsp3) is 0.957. The fourth-order valence-corrected chi connectivity index (χ4v) is 17.6. The number of carbonyl (C=O) groups is 4. The summed E-state index contributed by atoms with van der Waals surface area (Å²) in [5.41, 5.74) is 0. The van der Waals surface area contributed by atoms with Gasteiger partial charge in [-0.15, -0.1) is 0 Å².